The number of rotatable bonds is 4. The third kappa shape index (κ3) is 2.81. The molecule has 0 spiro atoms. The number of aryl methyl sites for hydroxylation is 1. The van der Waals surface area contributed by atoms with Crippen LogP contribution in [-0.4, -0.2) is 17.9 Å². The van der Waals surface area contributed by atoms with E-state index in [1.54, 1.807) is 19.4 Å². The molecule has 1 aromatic carbocycles. The summed E-state index contributed by atoms with van der Waals surface area (Å²) in [5.74, 6) is 0.532. The van der Waals surface area contributed by atoms with Crippen LogP contribution in [0.5, 0.6) is 5.75 Å². The molecule has 1 heterocycles. The van der Waals surface area contributed by atoms with E-state index in [2.05, 4.69) is 4.98 Å². The lowest BCUT2D eigenvalue weighted by molar-refractivity contribution is 0.0964. The number of nitrogens with zero attached hydrogens (tertiary/aromatic N) is 1. The SMILES string of the molecule is COc1cc(C(=O)C(C)c2ccccn2)ccc1C. The molecule has 19 heavy (non-hydrogen) atoms. The lowest BCUT2D eigenvalue weighted by Crippen LogP contribution is -2.11. The Bertz CT molecular complexity index is 579. The topological polar surface area (TPSA) is 39.2 Å². The Morgan fingerprint density at radius 2 is 2.05 bits per heavy atom. The van der Waals surface area contributed by atoms with E-state index in [0.29, 0.717) is 5.56 Å². The molecule has 0 bridgehead atoms. The van der Waals surface area contributed by atoms with Gasteiger partial charge in [0.15, 0.2) is 5.78 Å². The van der Waals surface area contributed by atoms with Crippen LogP contribution in [0.15, 0.2) is 42.6 Å². The molecular weight excluding hydrogens is 238 g/mol. The van der Waals surface area contributed by atoms with Gasteiger partial charge in [-0.3, -0.25) is 9.78 Å². The maximum absolute atomic E-state index is 12.4. The Kier molecular flexibility index (Phi) is 3.95. The summed E-state index contributed by atoms with van der Waals surface area (Å²) in [7, 11) is 1.61. The largest absolute Gasteiger partial charge is 0.496 e. The van der Waals surface area contributed by atoms with Gasteiger partial charge < -0.3 is 4.74 Å². The van der Waals surface area contributed by atoms with Gasteiger partial charge in [0.1, 0.15) is 5.75 Å². The van der Waals surface area contributed by atoms with Gasteiger partial charge in [-0.2, -0.15) is 0 Å². The fraction of sp³-hybridized carbons (Fsp3) is 0.250. The standard InChI is InChI=1S/C16H17NO2/c1-11-7-8-13(10-15(11)19-3)16(18)12(2)14-6-4-5-9-17-14/h4-10,12H,1-3H3. The van der Waals surface area contributed by atoms with Crippen molar-refractivity contribution in [3.63, 3.8) is 0 Å². The molecule has 0 saturated heterocycles. The maximum Gasteiger partial charge on any atom is 0.171 e. The summed E-state index contributed by atoms with van der Waals surface area (Å²) < 4.78 is 5.25. The van der Waals surface area contributed by atoms with Gasteiger partial charge in [-0.15, -0.1) is 0 Å². The van der Waals surface area contributed by atoms with Gasteiger partial charge >= 0.3 is 0 Å². The van der Waals surface area contributed by atoms with E-state index in [1.165, 1.54) is 0 Å². The van der Waals surface area contributed by atoms with Crippen LogP contribution in [0.3, 0.4) is 0 Å². The normalized spacial score (nSPS) is 11.9. The summed E-state index contributed by atoms with van der Waals surface area (Å²) in [6.07, 6.45) is 1.70. The van der Waals surface area contributed by atoms with E-state index in [-0.39, 0.29) is 11.7 Å². The number of pyridine rings is 1. The number of hydrogen-bond acceptors (Lipinski definition) is 3. The van der Waals surface area contributed by atoms with Crippen LogP contribution >= 0.6 is 0 Å². The molecule has 1 aromatic heterocycles. The summed E-state index contributed by atoms with van der Waals surface area (Å²) >= 11 is 0. The van der Waals surface area contributed by atoms with Crippen molar-refractivity contribution in [1.82, 2.24) is 4.98 Å². The van der Waals surface area contributed by atoms with Gasteiger partial charge in [0.05, 0.1) is 18.7 Å². The quantitative estimate of drug-likeness (QED) is 0.786. The van der Waals surface area contributed by atoms with Crippen LogP contribution in [0, 0.1) is 6.92 Å². The molecule has 3 nitrogen and oxygen atoms in total. The molecule has 0 aliphatic carbocycles. The molecule has 3 heteroatoms. The molecule has 0 radical (unpaired) electrons. The van der Waals surface area contributed by atoms with Gasteiger partial charge in [0, 0.05) is 11.8 Å². The highest BCUT2D eigenvalue weighted by atomic mass is 16.5. The number of ketones is 1. The summed E-state index contributed by atoms with van der Waals surface area (Å²) in [5.41, 5.74) is 2.46. The number of hydrogen-bond donors (Lipinski definition) is 0. The number of aromatic nitrogens is 1. The zero-order valence-electron chi connectivity index (χ0n) is 11.4. The van der Waals surface area contributed by atoms with Crippen LogP contribution in [0.1, 0.15) is 34.5 Å². The van der Waals surface area contributed by atoms with Gasteiger partial charge in [-0.1, -0.05) is 18.2 Å². The minimum atomic E-state index is -0.256. The predicted molar refractivity (Wildman–Crippen MR) is 74.7 cm³/mol. The highest BCUT2D eigenvalue weighted by molar-refractivity contribution is 6.00. The van der Waals surface area contributed by atoms with Crippen LogP contribution in [0.25, 0.3) is 0 Å². The van der Waals surface area contributed by atoms with Crippen LogP contribution in [0.2, 0.25) is 0 Å². The molecule has 1 atom stereocenters. The molecule has 0 saturated carbocycles. The second-order valence-electron chi connectivity index (χ2n) is 4.52. The number of carbonyl (C=O) groups excluding carboxylic acids is 1. The minimum absolute atomic E-state index is 0.0528. The highest BCUT2D eigenvalue weighted by Gasteiger charge is 2.18. The average Bonchev–Trinajstić information content (AvgIpc) is 2.47. The van der Waals surface area contributed by atoms with Crippen molar-refractivity contribution in [3.8, 4) is 5.75 Å². The fourth-order valence-electron chi connectivity index (χ4n) is 1.99. The molecule has 2 rings (SSSR count). The first-order chi connectivity index (χ1) is 9.13. The van der Waals surface area contributed by atoms with Crippen LogP contribution < -0.4 is 4.74 Å². The summed E-state index contributed by atoms with van der Waals surface area (Å²) in [4.78, 5) is 16.7. The zero-order chi connectivity index (χ0) is 13.8. The highest BCUT2D eigenvalue weighted by Crippen LogP contribution is 2.24. The van der Waals surface area contributed by atoms with Crippen molar-refractivity contribution in [3.05, 3.63) is 59.4 Å². The average molecular weight is 255 g/mol. The first-order valence-electron chi connectivity index (χ1n) is 6.23. The monoisotopic (exact) mass is 255 g/mol. The fourth-order valence-corrected chi connectivity index (χ4v) is 1.99. The Morgan fingerprint density at radius 3 is 2.68 bits per heavy atom. The third-order valence-corrected chi connectivity index (χ3v) is 3.22. The van der Waals surface area contributed by atoms with Gasteiger partial charge in [0.2, 0.25) is 0 Å². The molecule has 0 N–H and O–H groups in total. The molecule has 0 aliphatic rings. The van der Waals surface area contributed by atoms with E-state index in [0.717, 1.165) is 17.0 Å². The Labute approximate surface area is 113 Å². The van der Waals surface area contributed by atoms with Crippen molar-refractivity contribution in [2.24, 2.45) is 0 Å². The van der Waals surface area contributed by atoms with Crippen molar-refractivity contribution in [2.45, 2.75) is 19.8 Å². The Morgan fingerprint density at radius 1 is 1.26 bits per heavy atom. The number of ether oxygens (including phenoxy) is 1. The summed E-state index contributed by atoms with van der Waals surface area (Å²) in [5, 5.41) is 0. The molecule has 2 aromatic rings. The second-order valence-corrected chi connectivity index (χ2v) is 4.52. The second kappa shape index (κ2) is 5.65. The van der Waals surface area contributed by atoms with Crippen molar-refractivity contribution >= 4 is 5.78 Å². The van der Waals surface area contributed by atoms with Crippen LogP contribution in [0.4, 0.5) is 0 Å². The maximum atomic E-state index is 12.4. The first kappa shape index (κ1) is 13.3. The van der Waals surface area contributed by atoms with Crippen LogP contribution in [-0.2, 0) is 0 Å². The Balaban J connectivity index is 2.29. The number of benzene rings is 1. The lowest BCUT2D eigenvalue weighted by atomic mass is 9.95. The van der Waals surface area contributed by atoms with E-state index in [1.807, 2.05) is 44.2 Å². The third-order valence-electron chi connectivity index (χ3n) is 3.22. The van der Waals surface area contributed by atoms with Crippen molar-refractivity contribution in [2.75, 3.05) is 7.11 Å². The predicted octanol–water partition coefficient (Wildman–Crippen LogP) is 3.39. The number of methoxy groups -OCH3 is 1. The van der Waals surface area contributed by atoms with E-state index < -0.39 is 0 Å². The summed E-state index contributed by atoms with van der Waals surface area (Å²) in [6, 6.07) is 11.1. The molecule has 0 fully saturated rings. The molecular formula is C16H17NO2. The van der Waals surface area contributed by atoms with Gasteiger partial charge in [-0.05, 0) is 37.6 Å². The van der Waals surface area contributed by atoms with Gasteiger partial charge in [0.25, 0.3) is 0 Å². The molecule has 1 unspecified atom stereocenters. The zero-order valence-corrected chi connectivity index (χ0v) is 11.4. The van der Waals surface area contributed by atoms with Crippen molar-refractivity contribution in [1.29, 1.82) is 0 Å². The smallest absolute Gasteiger partial charge is 0.171 e. The van der Waals surface area contributed by atoms with E-state index >= 15 is 0 Å². The lowest BCUT2D eigenvalue weighted by Gasteiger charge is -2.11. The molecule has 0 aliphatic heterocycles. The Hall–Kier alpha value is -2.16. The number of carbonyl (C=O) groups is 1. The number of Topliss-reactive ketones (excluding diaryl/α,β-unsaturated/α-hetero) is 1. The van der Waals surface area contributed by atoms with Crippen molar-refractivity contribution < 1.29 is 9.53 Å². The molecule has 0 amide bonds. The molecule has 98 valence electrons. The van der Waals surface area contributed by atoms with E-state index in [4.69, 9.17) is 4.74 Å². The summed E-state index contributed by atoms with van der Waals surface area (Å²) in [6.45, 7) is 3.83. The van der Waals surface area contributed by atoms with Gasteiger partial charge in [-0.25, -0.2) is 0 Å². The minimum Gasteiger partial charge on any atom is -0.496 e. The van der Waals surface area contributed by atoms with E-state index in [9.17, 15) is 4.79 Å². The first-order valence-corrected chi connectivity index (χ1v) is 6.23.